The quantitative estimate of drug-likeness (QED) is 0.365. The predicted octanol–water partition coefficient (Wildman–Crippen LogP) is 2.06. The molecule has 2 aliphatic rings. The van der Waals surface area contributed by atoms with E-state index in [1.807, 2.05) is 4.90 Å². The maximum atomic E-state index is 13.2. The SMILES string of the molecule is C=CCN(CC=C)C(=O)COC(=O)c1cc(S(=O)(=O)N2CCCCC2)ccc1N1CCOCC1. The van der Waals surface area contributed by atoms with E-state index in [0.29, 0.717) is 58.2 Å². The Hall–Kier alpha value is -2.69. The van der Waals surface area contributed by atoms with Gasteiger partial charge in [-0.1, -0.05) is 18.6 Å². The molecule has 1 aromatic rings. The molecule has 0 N–H and O–H groups in total. The maximum Gasteiger partial charge on any atom is 0.340 e. The fourth-order valence-corrected chi connectivity index (χ4v) is 5.60. The highest BCUT2D eigenvalue weighted by Gasteiger charge is 2.29. The van der Waals surface area contributed by atoms with Gasteiger partial charge in [-0.25, -0.2) is 13.2 Å². The molecule has 186 valence electrons. The topological polar surface area (TPSA) is 96.5 Å². The lowest BCUT2D eigenvalue weighted by Crippen LogP contribution is -2.38. The molecule has 2 fully saturated rings. The molecule has 0 bridgehead atoms. The van der Waals surface area contributed by atoms with E-state index >= 15 is 0 Å². The molecule has 0 saturated carbocycles. The fraction of sp³-hybridized carbons (Fsp3) is 0.500. The van der Waals surface area contributed by atoms with Gasteiger partial charge in [-0.3, -0.25) is 4.79 Å². The number of esters is 1. The van der Waals surface area contributed by atoms with Gasteiger partial charge in [0.2, 0.25) is 10.0 Å². The average Bonchev–Trinajstić information content (AvgIpc) is 2.87. The second kappa shape index (κ2) is 12.1. The van der Waals surface area contributed by atoms with Gasteiger partial charge in [-0.2, -0.15) is 4.31 Å². The number of rotatable bonds is 10. The van der Waals surface area contributed by atoms with Gasteiger partial charge in [0, 0.05) is 39.3 Å². The summed E-state index contributed by atoms with van der Waals surface area (Å²) in [6, 6.07) is 4.54. The standard InChI is InChI=1S/C24H33N3O6S/c1-3-10-26(11-4-2)23(28)19-33-24(29)21-18-20(34(30,31)27-12-6-5-7-13-27)8-9-22(21)25-14-16-32-17-15-25/h3-4,8-9,18H,1-2,5-7,10-17,19H2. The fourth-order valence-electron chi connectivity index (χ4n) is 4.06. The van der Waals surface area contributed by atoms with Crippen molar-refractivity contribution in [2.45, 2.75) is 24.2 Å². The number of benzene rings is 1. The highest BCUT2D eigenvalue weighted by atomic mass is 32.2. The first kappa shape index (κ1) is 25.9. The van der Waals surface area contributed by atoms with Crippen LogP contribution < -0.4 is 4.90 Å². The number of carbonyl (C=O) groups is 2. The summed E-state index contributed by atoms with van der Waals surface area (Å²) < 4.78 is 38.6. The first-order valence-electron chi connectivity index (χ1n) is 11.5. The van der Waals surface area contributed by atoms with E-state index in [-0.39, 0.29) is 10.5 Å². The van der Waals surface area contributed by atoms with Crippen LogP contribution in [0.15, 0.2) is 48.4 Å². The Morgan fingerprint density at radius 2 is 1.68 bits per heavy atom. The number of hydrogen-bond acceptors (Lipinski definition) is 7. The zero-order chi connectivity index (χ0) is 24.6. The molecule has 1 amide bonds. The molecule has 3 rings (SSSR count). The maximum absolute atomic E-state index is 13.2. The van der Waals surface area contributed by atoms with Crippen molar-refractivity contribution >= 4 is 27.6 Å². The van der Waals surface area contributed by atoms with Crippen LogP contribution in [0.4, 0.5) is 5.69 Å². The van der Waals surface area contributed by atoms with Crippen LogP contribution in [0.25, 0.3) is 0 Å². The summed E-state index contributed by atoms with van der Waals surface area (Å²) in [6.07, 6.45) is 5.79. The van der Waals surface area contributed by atoms with Gasteiger partial charge in [0.25, 0.3) is 5.91 Å². The summed E-state index contributed by atoms with van der Waals surface area (Å²) in [7, 11) is -3.74. The monoisotopic (exact) mass is 491 g/mol. The molecular weight excluding hydrogens is 458 g/mol. The van der Waals surface area contributed by atoms with Gasteiger partial charge in [0.1, 0.15) is 0 Å². The summed E-state index contributed by atoms with van der Waals surface area (Å²) in [5.74, 6) is -1.14. The third kappa shape index (κ3) is 6.25. The van der Waals surface area contributed by atoms with Crippen LogP contribution in [0.2, 0.25) is 0 Å². The van der Waals surface area contributed by atoms with E-state index in [1.54, 1.807) is 18.2 Å². The minimum absolute atomic E-state index is 0.0460. The van der Waals surface area contributed by atoms with Crippen LogP contribution in [0.3, 0.4) is 0 Å². The minimum Gasteiger partial charge on any atom is -0.452 e. The second-order valence-electron chi connectivity index (χ2n) is 8.20. The number of nitrogens with zero attached hydrogens (tertiary/aromatic N) is 3. The molecule has 0 unspecified atom stereocenters. The van der Waals surface area contributed by atoms with Crippen LogP contribution >= 0.6 is 0 Å². The van der Waals surface area contributed by atoms with E-state index in [0.717, 1.165) is 19.3 Å². The Morgan fingerprint density at radius 1 is 1.03 bits per heavy atom. The normalized spacial score (nSPS) is 17.1. The lowest BCUT2D eigenvalue weighted by molar-refractivity contribution is -0.133. The van der Waals surface area contributed by atoms with E-state index < -0.39 is 28.5 Å². The molecule has 2 heterocycles. The van der Waals surface area contributed by atoms with Crippen molar-refractivity contribution in [1.82, 2.24) is 9.21 Å². The Morgan fingerprint density at radius 3 is 2.29 bits per heavy atom. The molecule has 10 heteroatoms. The van der Waals surface area contributed by atoms with Crippen molar-refractivity contribution in [3.05, 3.63) is 49.1 Å². The summed E-state index contributed by atoms with van der Waals surface area (Å²) in [6.45, 7) is 10.4. The molecule has 2 saturated heterocycles. The van der Waals surface area contributed by atoms with Gasteiger partial charge in [-0.05, 0) is 31.0 Å². The predicted molar refractivity (Wildman–Crippen MR) is 129 cm³/mol. The van der Waals surface area contributed by atoms with E-state index in [2.05, 4.69) is 13.2 Å². The minimum atomic E-state index is -3.74. The first-order valence-corrected chi connectivity index (χ1v) is 13.0. The number of carbonyl (C=O) groups excluding carboxylic acids is 2. The molecule has 2 aliphatic heterocycles. The lowest BCUT2D eigenvalue weighted by atomic mass is 10.1. The van der Waals surface area contributed by atoms with E-state index in [4.69, 9.17) is 9.47 Å². The summed E-state index contributed by atoms with van der Waals surface area (Å²) in [5, 5.41) is 0. The van der Waals surface area contributed by atoms with Crippen molar-refractivity contribution in [3.8, 4) is 0 Å². The van der Waals surface area contributed by atoms with Crippen molar-refractivity contribution in [1.29, 1.82) is 0 Å². The highest BCUT2D eigenvalue weighted by molar-refractivity contribution is 7.89. The van der Waals surface area contributed by atoms with E-state index in [1.165, 1.54) is 21.3 Å². The molecule has 0 atom stereocenters. The van der Waals surface area contributed by atoms with Gasteiger partial charge in [-0.15, -0.1) is 13.2 Å². The Balaban J connectivity index is 1.86. The van der Waals surface area contributed by atoms with Gasteiger partial charge >= 0.3 is 5.97 Å². The summed E-state index contributed by atoms with van der Waals surface area (Å²) in [4.78, 5) is 29.1. The third-order valence-electron chi connectivity index (χ3n) is 5.87. The molecular formula is C24H33N3O6S. The number of morpholine rings is 1. The smallest absolute Gasteiger partial charge is 0.340 e. The molecule has 1 aromatic carbocycles. The van der Waals surface area contributed by atoms with Crippen LogP contribution in [0.5, 0.6) is 0 Å². The molecule has 0 aliphatic carbocycles. The van der Waals surface area contributed by atoms with Crippen molar-refractivity contribution in [2.24, 2.45) is 0 Å². The average molecular weight is 492 g/mol. The van der Waals surface area contributed by atoms with Crippen LogP contribution in [-0.4, -0.2) is 88.6 Å². The lowest BCUT2D eigenvalue weighted by Gasteiger charge is -2.31. The summed E-state index contributed by atoms with van der Waals surface area (Å²) in [5.41, 5.74) is 0.680. The zero-order valence-corrected chi connectivity index (χ0v) is 20.3. The second-order valence-corrected chi connectivity index (χ2v) is 10.1. The van der Waals surface area contributed by atoms with E-state index in [9.17, 15) is 18.0 Å². The Labute approximate surface area is 201 Å². The number of ether oxygens (including phenoxy) is 2. The zero-order valence-electron chi connectivity index (χ0n) is 19.5. The van der Waals surface area contributed by atoms with Crippen LogP contribution in [0, 0.1) is 0 Å². The molecule has 0 aromatic heterocycles. The van der Waals surface area contributed by atoms with Gasteiger partial charge in [0.05, 0.1) is 29.4 Å². The number of piperidine rings is 1. The summed E-state index contributed by atoms with van der Waals surface area (Å²) >= 11 is 0. The van der Waals surface area contributed by atoms with Crippen molar-refractivity contribution in [3.63, 3.8) is 0 Å². The number of amides is 1. The van der Waals surface area contributed by atoms with Crippen LogP contribution in [0.1, 0.15) is 29.6 Å². The Bertz CT molecular complexity index is 988. The number of hydrogen-bond donors (Lipinski definition) is 0. The largest absolute Gasteiger partial charge is 0.452 e. The Kier molecular flexibility index (Phi) is 9.26. The van der Waals surface area contributed by atoms with Crippen LogP contribution in [-0.2, 0) is 24.3 Å². The third-order valence-corrected chi connectivity index (χ3v) is 7.77. The molecule has 9 nitrogen and oxygen atoms in total. The van der Waals surface area contributed by atoms with Gasteiger partial charge < -0.3 is 19.3 Å². The molecule has 0 spiro atoms. The number of sulfonamides is 1. The first-order chi connectivity index (χ1) is 16.4. The highest BCUT2D eigenvalue weighted by Crippen LogP contribution is 2.28. The van der Waals surface area contributed by atoms with Crippen molar-refractivity contribution in [2.75, 3.05) is 64.0 Å². The van der Waals surface area contributed by atoms with Crippen molar-refractivity contribution < 1.29 is 27.5 Å². The molecule has 0 radical (unpaired) electrons. The van der Waals surface area contributed by atoms with Gasteiger partial charge in [0.15, 0.2) is 6.61 Å². The number of anilines is 1. The molecule has 34 heavy (non-hydrogen) atoms.